The van der Waals surface area contributed by atoms with Gasteiger partial charge in [-0.3, -0.25) is 4.79 Å². The number of nitriles is 1. The molecule has 29 heavy (non-hydrogen) atoms. The number of carbonyl (C=O) groups is 1. The van der Waals surface area contributed by atoms with Crippen molar-refractivity contribution in [3.63, 3.8) is 0 Å². The van der Waals surface area contributed by atoms with Crippen molar-refractivity contribution in [1.82, 2.24) is 9.88 Å². The molecule has 0 atom stereocenters. The number of methoxy groups -OCH3 is 1. The average Bonchev–Trinajstić information content (AvgIpc) is 2.93. The Morgan fingerprint density at radius 2 is 2.00 bits per heavy atom. The summed E-state index contributed by atoms with van der Waals surface area (Å²) < 4.78 is 18.6. The summed E-state index contributed by atoms with van der Waals surface area (Å²) in [6.07, 6.45) is 2.52. The van der Waals surface area contributed by atoms with Crippen LogP contribution in [0.25, 0.3) is 10.9 Å². The fraction of sp³-hybridized carbons (Fsp3) is 0.273. The van der Waals surface area contributed by atoms with Gasteiger partial charge in [-0.2, -0.15) is 5.26 Å². The number of nitrogens with zero attached hydrogens (tertiary/aromatic N) is 2. The van der Waals surface area contributed by atoms with Crippen molar-refractivity contribution in [1.29, 1.82) is 5.26 Å². The van der Waals surface area contributed by atoms with Gasteiger partial charge in [0.25, 0.3) is 0 Å². The molecule has 0 saturated heterocycles. The molecule has 0 bridgehead atoms. The van der Waals surface area contributed by atoms with E-state index in [0.717, 1.165) is 22.9 Å². The minimum absolute atomic E-state index is 0.120. The second-order valence-corrected chi connectivity index (χ2v) is 6.74. The van der Waals surface area contributed by atoms with E-state index < -0.39 is 0 Å². The summed E-state index contributed by atoms with van der Waals surface area (Å²) in [6.45, 7) is 1.60. The molecule has 4 rings (SSSR count). The third-order valence-corrected chi connectivity index (χ3v) is 4.85. The van der Waals surface area contributed by atoms with E-state index in [2.05, 4.69) is 11.4 Å². The van der Waals surface area contributed by atoms with Crippen LogP contribution in [0.2, 0.25) is 0 Å². The smallest absolute Gasteiger partial charge is 0.240 e. The van der Waals surface area contributed by atoms with E-state index in [9.17, 15) is 10.1 Å². The number of hydrogen-bond acceptors (Lipinski definition) is 5. The zero-order valence-corrected chi connectivity index (χ0v) is 16.1. The van der Waals surface area contributed by atoms with Crippen LogP contribution in [0, 0.1) is 11.3 Å². The largest absolute Gasteiger partial charge is 0.496 e. The highest BCUT2D eigenvalue weighted by atomic mass is 16.5. The SMILES string of the molecule is COc1cc2c(cc1CNC(=O)Cn1cc(C#N)c3ccccc31)OCCCO2. The number of hydrogen-bond donors (Lipinski definition) is 1. The summed E-state index contributed by atoms with van der Waals surface area (Å²) >= 11 is 0. The minimum atomic E-state index is -0.163. The molecule has 0 spiro atoms. The summed E-state index contributed by atoms with van der Waals surface area (Å²) in [5.74, 6) is 1.78. The van der Waals surface area contributed by atoms with Gasteiger partial charge in [-0.1, -0.05) is 18.2 Å². The third-order valence-electron chi connectivity index (χ3n) is 4.85. The number of fused-ring (bicyclic) bond motifs is 2. The van der Waals surface area contributed by atoms with Crippen molar-refractivity contribution < 1.29 is 19.0 Å². The summed E-state index contributed by atoms with van der Waals surface area (Å²) in [5.41, 5.74) is 2.21. The quantitative estimate of drug-likeness (QED) is 0.723. The predicted molar refractivity (Wildman–Crippen MR) is 107 cm³/mol. The molecule has 7 nitrogen and oxygen atoms in total. The molecule has 0 radical (unpaired) electrons. The molecular weight excluding hydrogens is 370 g/mol. The Morgan fingerprint density at radius 3 is 2.76 bits per heavy atom. The molecule has 1 amide bonds. The molecule has 1 aliphatic heterocycles. The predicted octanol–water partition coefficient (Wildman–Crippen LogP) is 3.00. The number of para-hydroxylation sites is 1. The van der Waals surface area contributed by atoms with Gasteiger partial charge in [-0.05, 0) is 12.1 Å². The Labute approximate surface area is 168 Å². The number of benzene rings is 2. The lowest BCUT2D eigenvalue weighted by molar-refractivity contribution is -0.121. The van der Waals surface area contributed by atoms with E-state index in [1.807, 2.05) is 30.3 Å². The number of ether oxygens (including phenoxy) is 3. The summed E-state index contributed by atoms with van der Waals surface area (Å²) in [4.78, 5) is 12.6. The first-order chi connectivity index (χ1) is 14.2. The van der Waals surface area contributed by atoms with Crippen LogP contribution in [0.15, 0.2) is 42.6 Å². The Bertz CT molecular complexity index is 1100. The Kier molecular flexibility index (Phi) is 5.25. The summed E-state index contributed by atoms with van der Waals surface area (Å²) in [7, 11) is 1.58. The van der Waals surface area contributed by atoms with Crippen molar-refractivity contribution in [2.45, 2.75) is 19.5 Å². The molecule has 7 heteroatoms. The first-order valence-corrected chi connectivity index (χ1v) is 9.41. The van der Waals surface area contributed by atoms with Gasteiger partial charge in [-0.15, -0.1) is 0 Å². The van der Waals surface area contributed by atoms with Crippen LogP contribution in [0.3, 0.4) is 0 Å². The Balaban J connectivity index is 1.49. The topological polar surface area (TPSA) is 85.5 Å². The van der Waals surface area contributed by atoms with E-state index in [4.69, 9.17) is 14.2 Å². The number of amides is 1. The summed E-state index contributed by atoms with van der Waals surface area (Å²) in [5, 5.41) is 13.1. The zero-order chi connectivity index (χ0) is 20.2. The van der Waals surface area contributed by atoms with E-state index in [-0.39, 0.29) is 12.5 Å². The van der Waals surface area contributed by atoms with Crippen LogP contribution in [-0.4, -0.2) is 30.8 Å². The maximum Gasteiger partial charge on any atom is 0.240 e. The van der Waals surface area contributed by atoms with Gasteiger partial charge in [0.2, 0.25) is 5.91 Å². The lowest BCUT2D eigenvalue weighted by Crippen LogP contribution is -2.27. The van der Waals surface area contributed by atoms with Crippen LogP contribution in [0.5, 0.6) is 17.2 Å². The lowest BCUT2D eigenvalue weighted by atomic mass is 10.1. The highest BCUT2D eigenvalue weighted by Gasteiger charge is 2.16. The van der Waals surface area contributed by atoms with E-state index in [1.54, 1.807) is 23.9 Å². The molecule has 2 aromatic carbocycles. The van der Waals surface area contributed by atoms with E-state index in [0.29, 0.717) is 42.6 Å². The maximum atomic E-state index is 12.6. The molecule has 1 aliphatic rings. The number of nitrogens with one attached hydrogen (secondary N) is 1. The molecule has 2 heterocycles. The number of carbonyl (C=O) groups excluding carboxylic acids is 1. The molecule has 0 unspecified atom stereocenters. The Hall–Kier alpha value is -3.66. The fourth-order valence-electron chi connectivity index (χ4n) is 3.43. The van der Waals surface area contributed by atoms with Crippen molar-refractivity contribution in [3.05, 3.63) is 53.7 Å². The standard InChI is InChI=1S/C22H21N3O4/c1-27-19-10-21-20(28-7-4-8-29-21)9-15(19)12-24-22(26)14-25-13-16(11-23)17-5-2-3-6-18(17)25/h2-3,5-6,9-10,13H,4,7-8,12,14H2,1H3,(H,24,26). The van der Waals surface area contributed by atoms with Gasteiger partial charge in [0.05, 0.1) is 25.9 Å². The van der Waals surface area contributed by atoms with Gasteiger partial charge >= 0.3 is 0 Å². The van der Waals surface area contributed by atoms with Crippen molar-refractivity contribution in [2.24, 2.45) is 0 Å². The Morgan fingerprint density at radius 1 is 1.24 bits per heavy atom. The van der Waals surface area contributed by atoms with Crippen molar-refractivity contribution >= 4 is 16.8 Å². The van der Waals surface area contributed by atoms with Crippen LogP contribution < -0.4 is 19.5 Å². The zero-order valence-electron chi connectivity index (χ0n) is 16.1. The fourth-order valence-corrected chi connectivity index (χ4v) is 3.43. The highest BCUT2D eigenvalue weighted by Crippen LogP contribution is 2.36. The second-order valence-electron chi connectivity index (χ2n) is 6.74. The van der Waals surface area contributed by atoms with Crippen LogP contribution in [-0.2, 0) is 17.9 Å². The molecule has 3 aromatic rings. The average molecular weight is 391 g/mol. The van der Waals surface area contributed by atoms with Crippen LogP contribution >= 0.6 is 0 Å². The highest BCUT2D eigenvalue weighted by molar-refractivity contribution is 5.88. The van der Waals surface area contributed by atoms with Crippen molar-refractivity contribution in [2.75, 3.05) is 20.3 Å². The van der Waals surface area contributed by atoms with E-state index >= 15 is 0 Å². The molecule has 148 valence electrons. The number of aromatic nitrogens is 1. The van der Waals surface area contributed by atoms with Crippen molar-refractivity contribution in [3.8, 4) is 23.3 Å². The molecule has 0 aliphatic carbocycles. The molecular formula is C22H21N3O4. The first kappa shape index (κ1) is 18.7. The molecule has 0 saturated carbocycles. The van der Waals surface area contributed by atoms with E-state index in [1.165, 1.54) is 0 Å². The monoisotopic (exact) mass is 391 g/mol. The van der Waals surface area contributed by atoms with Gasteiger partial charge in [0, 0.05) is 41.7 Å². The maximum absolute atomic E-state index is 12.6. The van der Waals surface area contributed by atoms with Gasteiger partial charge in [-0.25, -0.2) is 0 Å². The van der Waals surface area contributed by atoms with Gasteiger partial charge in [0.15, 0.2) is 11.5 Å². The van der Waals surface area contributed by atoms with Crippen LogP contribution in [0.4, 0.5) is 0 Å². The second kappa shape index (κ2) is 8.15. The molecule has 1 aromatic heterocycles. The number of rotatable bonds is 5. The first-order valence-electron chi connectivity index (χ1n) is 9.41. The summed E-state index contributed by atoms with van der Waals surface area (Å²) in [6, 6.07) is 13.4. The van der Waals surface area contributed by atoms with Crippen LogP contribution in [0.1, 0.15) is 17.5 Å². The van der Waals surface area contributed by atoms with Gasteiger partial charge in [0.1, 0.15) is 18.4 Å². The molecule has 1 N–H and O–H groups in total. The normalized spacial score (nSPS) is 12.8. The van der Waals surface area contributed by atoms with Gasteiger partial charge < -0.3 is 24.1 Å². The minimum Gasteiger partial charge on any atom is -0.496 e. The third kappa shape index (κ3) is 3.83. The molecule has 0 fully saturated rings. The lowest BCUT2D eigenvalue weighted by Gasteiger charge is -2.14.